The number of allylic oxidation sites excluding steroid dienone is 22. The second-order valence-corrected chi connectivity index (χ2v) is 21.3. The topological polar surface area (TPSA) is 78.9 Å². The van der Waals surface area contributed by atoms with Gasteiger partial charge >= 0.3 is 17.9 Å². The van der Waals surface area contributed by atoms with Crippen molar-refractivity contribution < 1.29 is 28.6 Å². The molecule has 0 radical (unpaired) electrons. The van der Waals surface area contributed by atoms with E-state index in [-0.39, 0.29) is 37.5 Å². The summed E-state index contributed by atoms with van der Waals surface area (Å²) < 4.78 is 16.9. The molecule has 0 fully saturated rings. The van der Waals surface area contributed by atoms with Gasteiger partial charge in [-0.25, -0.2) is 0 Å². The lowest BCUT2D eigenvalue weighted by molar-refractivity contribution is -0.167. The number of hydrogen-bond donors (Lipinski definition) is 0. The molecule has 0 aliphatic heterocycles. The zero-order chi connectivity index (χ0) is 57.1. The molecule has 0 saturated heterocycles. The van der Waals surface area contributed by atoms with Gasteiger partial charge in [-0.2, -0.15) is 0 Å². The Labute approximate surface area is 487 Å². The van der Waals surface area contributed by atoms with Crippen molar-refractivity contribution in [1.82, 2.24) is 0 Å². The molecule has 0 amide bonds. The molecular weight excluding hydrogens is 973 g/mol. The van der Waals surface area contributed by atoms with Gasteiger partial charge in [-0.1, -0.05) is 289 Å². The van der Waals surface area contributed by atoms with Gasteiger partial charge in [-0.05, 0) is 116 Å². The predicted molar refractivity (Wildman–Crippen MR) is 343 cm³/mol. The standard InChI is InChI=1S/C73H120O6/c1-4-7-10-13-16-19-21-23-25-27-29-31-33-35-36-38-39-41-43-45-47-49-51-54-57-60-63-66-72(75)78-69-70(68-77-71(74)65-62-59-56-53-18-15-12-9-6-3)79-73(76)67-64-61-58-55-52-50-48-46-44-42-40-37-34-32-30-28-26-24-22-20-17-14-11-8-5-2/h7-8,10-11,16-17,19-20,23-26,29-32,37,40,44,46,50,52,70H,4-6,9,12-15,18,21-22,27-28,33-36,38-39,41-43,45,47-49,51,53-69H2,1-3H3/b10-7-,11-8-,19-16-,20-17-,25-23-,26-24-,31-29-,32-30-,40-37-,46-44-,52-50-. The van der Waals surface area contributed by atoms with Gasteiger partial charge in [0, 0.05) is 19.3 Å². The summed E-state index contributed by atoms with van der Waals surface area (Å²) in [6.07, 6.45) is 93.3. The number of unbranched alkanes of at least 4 members (excludes halogenated alkanes) is 25. The maximum absolute atomic E-state index is 12.9. The number of carbonyl (C=O) groups excluding carboxylic acids is 3. The number of esters is 3. The smallest absolute Gasteiger partial charge is 0.306 e. The molecule has 0 saturated carbocycles. The summed E-state index contributed by atoms with van der Waals surface area (Å²) in [5, 5.41) is 0. The first-order valence-electron chi connectivity index (χ1n) is 32.7. The lowest BCUT2D eigenvalue weighted by Gasteiger charge is -2.18. The van der Waals surface area contributed by atoms with Gasteiger partial charge < -0.3 is 14.2 Å². The minimum atomic E-state index is -0.799. The van der Waals surface area contributed by atoms with Crippen LogP contribution >= 0.6 is 0 Å². The predicted octanol–water partition coefficient (Wildman–Crippen LogP) is 22.5. The Morgan fingerprint density at radius 3 is 0.785 bits per heavy atom. The van der Waals surface area contributed by atoms with E-state index in [1.165, 1.54) is 116 Å². The van der Waals surface area contributed by atoms with Gasteiger partial charge in [0.15, 0.2) is 6.10 Å². The Bertz CT molecular complexity index is 1680. The summed E-state index contributed by atoms with van der Waals surface area (Å²) in [4.78, 5) is 38.2. The SMILES string of the molecule is CC/C=C\C/C=C\C/C=C\C/C=C\C/C=C\C/C=C\C/C=C\CCCCCC(=O)OC(COC(=O)CCCCCCCCCCC)COC(=O)CCCCCCCCCCCCCCCC/C=C\C/C=C\C/C=C\C/C=C\CC. The first kappa shape index (κ1) is 74.5. The van der Waals surface area contributed by atoms with Crippen molar-refractivity contribution in [2.24, 2.45) is 0 Å². The Morgan fingerprint density at radius 2 is 0.494 bits per heavy atom. The van der Waals surface area contributed by atoms with Crippen LogP contribution in [-0.2, 0) is 28.6 Å². The van der Waals surface area contributed by atoms with Crippen molar-refractivity contribution >= 4 is 17.9 Å². The lowest BCUT2D eigenvalue weighted by Crippen LogP contribution is -2.30. The largest absolute Gasteiger partial charge is 0.462 e. The highest BCUT2D eigenvalue weighted by atomic mass is 16.6. The molecule has 1 unspecified atom stereocenters. The summed E-state index contributed by atoms with van der Waals surface area (Å²) in [6.45, 7) is 6.38. The molecule has 0 aromatic carbocycles. The van der Waals surface area contributed by atoms with Crippen LogP contribution in [0.15, 0.2) is 134 Å². The molecule has 0 aliphatic carbocycles. The van der Waals surface area contributed by atoms with Gasteiger partial charge in [0.1, 0.15) is 13.2 Å². The van der Waals surface area contributed by atoms with E-state index in [0.29, 0.717) is 12.8 Å². The molecule has 0 N–H and O–H groups in total. The zero-order valence-electron chi connectivity index (χ0n) is 51.3. The van der Waals surface area contributed by atoms with Crippen LogP contribution in [0.5, 0.6) is 0 Å². The second kappa shape index (κ2) is 66.1. The zero-order valence-corrected chi connectivity index (χ0v) is 51.3. The van der Waals surface area contributed by atoms with Crippen LogP contribution in [0.2, 0.25) is 0 Å². The highest BCUT2D eigenvalue weighted by Gasteiger charge is 2.19. The third kappa shape index (κ3) is 64.3. The van der Waals surface area contributed by atoms with Crippen LogP contribution in [0.4, 0.5) is 0 Å². The van der Waals surface area contributed by atoms with E-state index < -0.39 is 6.10 Å². The normalized spacial score (nSPS) is 13.0. The summed E-state index contributed by atoms with van der Waals surface area (Å²) >= 11 is 0. The van der Waals surface area contributed by atoms with Crippen molar-refractivity contribution in [2.75, 3.05) is 13.2 Å². The molecule has 79 heavy (non-hydrogen) atoms. The first-order chi connectivity index (χ1) is 39.0. The summed E-state index contributed by atoms with van der Waals surface area (Å²) in [6, 6.07) is 0. The van der Waals surface area contributed by atoms with Crippen LogP contribution in [0, 0.1) is 0 Å². The van der Waals surface area contributed by atoms with E-state index in [2.05, 4.69) is 154 Å². The first-order valence-corrected chi connectivity index (χ1v) is 32.7. The van der Waals surface area contributed by atoms with E-state index in [4.69, 9.17) is 14.2 Å². The molecule has 1 atom stereocenters. The Hall–Kier alpha value is -4.45. The average Bonchev–Trinajstić information content (AvgIpc) is 3.45. The maximum atomic E-state index is 12.9. The van der Waals surface area contributed by atoms with Crippen LogP contribution in [-0.4, -0.2) is 37.2 Å². The fourth-order valence-electron chi connectivity index (χ4n) is 8.83. The number of carbonyl (C=O) groups is 3. The number of ether oxygens (including phenoxy) is 3. The summed E-state index contributed by atoms with van der Waals surface area (Å²) in [5.74, 6) is -0.926. The molecule has 0 bridgehead atoms. The molecule has 0 aromatic heterocycles. The molecule has 0 spiro atoms. The highest BCUT2D eigenvalue weighted by Crippen LogP contribution is 2.16. The van der Waals surface area contributed by atoms with E-state index in [1.54, 1.807) is 0 Å². The van der Waals surface area contributed by atoms with E-state index in [9.17, 15) is 14.4 Å². The Kier molecular flexibility index (Phi) is 62.3. The van der Waals surface area contributed by atoms with Gasteiger partial charge in [0.2, 0.25) is 0 Å². The van der Waals surface area contributed by atoms with Crippen molar-refractivity contribution in [3.05, 3.63) is 134 Å². The maximum Gasteiger partial charge on any atom is 0.306 e. The van der Waals surface area contributed by atoms with Crippen molar-refractivity contribution in [2.45, 2.75) is 297 Å². The third-order valence-corrected chi connectivity index (χ3v) is 13.7. The van der Waals surface area contributed by atoms with Crippen LogP contribution in [0.3, 0.4) is 0 Å². The molecule has 0 heterocycles. The summed E-state index contributed by atoms with van der Waals surface area (Å²) in [7, 11) is 0. The summed E-state index contributed by atoms with van der Waals surface area (Å²) in [5.41, 5.74) is 0. The minimum absolute atomic E-state index is 0.0927. The molecule has 6 nitrogen and oxygen atoms in total. The van der Waals surface area contributed by atoms with Crippen LogP contribution in [0.25, 0.3) is 0 Å². The molecule has 0 aliphatic rings. The monoisotopic (exact) mass is 1090 g/mol. The molecule has 0 rings (SSSR count). The number of hydrogen-bond acceptors (Lipinski definition) is 6. The van der Waals surface area contributed by atoms with E-state index in [1.807, 2.05) is 0 Å². The minimum Gasteiger partial charge on any atom is -0.462 e. The molecule has 0 aromatic rings. The molecular formula is C73H120O6. The highest BCUT2D eigenvalue weighted by molar-refractivity contribution is 5.71. The fraction of sp³-hybridized carbons (Fsp3) is 0.658. The van der Waals surface area contributed by atoms with Crippen molar-refractivity contribution in [3.63, 3.8) is 0 Å². The number of rotatable bonds is 58. The average molecular weight is 1090 g/mol. The Morgan fingerprint density at radius 1 is 0.266 bits per heavy atom. The molecule has 448 valence electrons. The van der Waals surface area contributed by atoms with Crippen molar-refractivity contribution in [3.8, 4) is 0 Å². The Balaban J connectivity index is 4.28. The quantitative estimate of drug-likeness (QED) is 0.0261. The van der Waals surface area contributed by atoms with Gasteiger partial charge in [0.25, 0.3) is 0 Å². The van der Waals surface area contributed by atoms with E-state index in [0.717, 1.165) is 135 Å². The van der Waals surface area contributed by atoms with Gasteiger partial charge in [-0.15, -0.1) is 0 Å². The van der Waals surface area contributed by atoms with Gasteiger partial charge in [-0.3, -0.25) is 14.4 Å². The van der Waals surface area contributed by atoms with Crippen molar-refractivity contribution in [1.29, 1.82) is 0 Å². The molecule has 6 heteroatoms. The van der Waals surface area contributed by atoms with E-state index >= 15 is 0 Å². The van der Waals surface area contributed by atoms with Crippen LogP contribution in [0.1, 0.15) is 290 Å². The third-order valence-electron chi connectivity index (χ3n) is 13.7. The fourth-order valence-corrected chi connectivity index (χ4v) is 8.83. The van der Waals surface area contributed by atoms with Gasteiger partial charge in [0.05, 0.1) is 0 Å². The van der Waals surface area contributed by atoms with Crippen LogP contribution < -0.4 is 0 Å². The lowest BCUT2D eigenvalue weighted by atomic mass is 10.0. The second-order valence-electron chi connectivity index (χ2n) is 21.3.